The Hall–Kier alpha value is -1.12. The molecular formula is C16H18INO3S. The zero-order valence-electron chi connectivity index (χ0n) is 12.3. The van der Waals surface area contributed by atoms with E-state index in [2.05, 4.69) is 27.3 Å². The Bertz CT molecular complexity index is 717. The molecule has 2 rings (SSSR count). The van der Waals surface area contributed by atoms with Gasteiger partial charge in [-0.05, 0) is 59.2 Å². The third kappa shape index (κ3) is 4.69. The van der Waals surface area contributed by atoms with Gasteiger partial charge in [-0.25, -0.2) is 13.1 Å². The topological polar surface area (TPSA) is 55.4 Å². The van der Waals surface area contributed by atoms with E-state index >= 15 is 0 Å². The highest BCUT2D eigenvalue weighted by Gasteiger charge is 2.15. The standard InChI is InChI=1S/C16H18INO3S/c1-21-16-10-9-14(12-15(16)17)22(19,20)18-11-5-8-13-6-3-2-4-7-13/h2-4,6-7,9-10,12,18H,5,8,11H2,1H3. The van der Waals surface area contributed by atoms with Crippen molar-refractivity contribution in [3.05, 3.63) is 57.7 Å². The van der Waals surface area contributed by atoms with Gasteiger partial charge in [-0.1, -0.05) is 30.3 Å². The molecule has 0 atom stereocenters. The van der Waals surface area contributed by atoms with E-state index in [0.29, 0.717) is 12.3 Å². The number of halogens is 1. The minimum absolute atomic E-state index is 0.261. The number of rotatable bonds is 7. The van der Waals surface area contributed by atoms with Crippen molar-refractivity contribution in [1.29, 1.82) is 0 Å². The van der Waals surface area contributed by atoms with Crippen LogP contribution in [0.25, 0.3) is 0 Å². The maximum atomic E-state index is 12.2. The van der Waals surface area contributed by atoms with Crippen LogP contribution in [0.3, 0.4) is 0 Å². The SMILES string of the molecule is COc1ccc(S(=O)(=O)NCCCc2ccccc2)cc1I. The number of hydrogen-bond donors (Lipinski definition) is 1. The fourth-order valence-electron chi connectivity index (χ4n) is 2.04. The van der Waals surface area contributed by atoms with E-state index in [0.717, 1.165) is 16.4 Å². The first-order valence-corrected chi connectivity index (χ1v) is 9.46. The highest BCUT2D eigenvalue weighted by Crippen LogP contribution is 2.23. The van der Waals surface area contributed by atoms with E-state index in [4.69, 9.17) is 4.74 Å². The summed E-state index contributed by atoms with van der Waals surface area (Å²) in [6, 6.07) is 14.9. The van der Waals surface area contributed by atoms with Crippen molar-refractivity contribution in [2.75, 3.05) is 13.7 Å². The smallest absolute Gasteiger partial charge is 0.240 e. The first kappa shape index (κ1) is 17.2. The van der Waals surface area contributed by atoms with Gasteiger partial charge in [-0.15, -0.1) is 0 Å². The molecule has 0 aliphatic heterocycles. The Morgan fingerprint density at radius 3 is 2.50 bits per heavy atom. The molecule has 4 nitrogen and oxygen atoms in total. The van der Waals surface area contributed by atoms with Crippen LogP contribution in [0.4, 0.5) is 0 Å². The molecule has 2 aromatic carbocycles. The second-order valence-corrected chi connectivity index (χ2v) is 7.71. The summed E-state index contributed by atoms with van der Waals surface area (Å²) in [7, 11) is -1.91. The Kier molecular flexibility index (Phi) is 6.22. The summed E-state index contributed by atoms with van der Waals surface area (Å²) in [6.07, 6.45) is 1.61. The van der Waals surface area contributed by atoms with Crippen LogP contribution >= 0.6 is 22.6 Å². The zero-order valence-corrected chi connectivity index (χ0v) is 15.2. The van der Waals surface area contributed by atoms with Crippen LogP contribution in [0.15, 0.2) is 53.4 Å². The van der Waals surface area contributed by atoms with Crippen molar-refractivity contribution >= 4 is 32.6 Å². The molecule has 6 heteroatoms. The first-order chi connectivity index (χ1) is 10.5. The van der Waals surface area contributed by atoms with Crippen LogP contribution < -0.4 is 9.46 Å². The van der Waals surface area contributed by atoms with Crippen LogP contribution in [0.1, 0.15) is 12.0 Å². The molecule has 0 unspecified atom stereocenters. The van der Waals surface area contributed by atoms with Crippen molar-refractivity contribution in [1.82, 2.24) is 4.72 Å². The summed E-state index contributed by atoms with van der Waals surface area (Å²) in [6.45, 7) is 0.417. The molecular weight excluding hydrogens is 413 g/mol. The molecule has 0 spiro atoms. The van der Waals surface area contributed by atoms with Gasteiger partial charge in [0, 0.05) is 6.54 Å². The van der Waals surface area contributed by atoms with Gasteiger partial charge >= 0.3 is 0 Å². The number of nitrogens with one attached hydrogen (secondary N) is 1. The molecule has 0 aliphatic carbocycles. The van der Waals surface area contributed by atoms with Gasteiger partial charge in [0.15, 0.2) is 0 Å². The van der Waals surface area contributed by atoms with Gasteiger partial charge in [0.2, 0.25) is 10.0 Å². The van der Waals surface area contributed by atoms with Crippen LogP contribution in [-0.4, -0.2) is 22.1 Å². The summed E-state index contributed by atoms with van der Waals surface area (Å²) < 4.78 is 33.0. The molecule has 22 heavy (non-hydrogen) atoms. The molecule has 0 fully saturated rings. The van der Waals surface area contributed by atoms with Gasteiger partial charge < -0.3 is 4.74 Å². The number of sulfonamides is 1. The highest BCUT2D eigenvalue weighted by molar-refractivity contribution is 14.1. The average Bonchev–Trinajstić information content (AvgIpc) is 2.52. The van der Waals surface area contributed by atoms with E-state index < -0.39 is 10.0 Å². The van der Waals surface area contributed by atoms with Crippen LogP contribution in [0, 0.1) is 3.57 Å². The molecule has 0 bridgehead atoms. The van der Waals surface area contributed by atoms with Crippen molar-refractivity contribution in [2.24, 2.45) is 0 Å². The van der Waals surface area contributed by atoms with Crippen molar-refractivity contribution in [3.8, 4) is 5.75 Å². The predicted molar refractivity (Wildman–Crippen MR) is 95.7 cm³/mol. The predicted octanol–water partition coefficient (Wildman–Crippen LogP) is 3.21. The molecule has 0 aromatic heterocycles. The lowest BCUT2D eigenvalue weighted by Crippen LogP contribution is -2.25. The second-order valence-electron chi connectivity index (χ2n) is 4.78. The molecule has 0 radical (unpaired) electrons. The van der Waals surface area contributed by atoms with Crippen molar-refractivity contribution in [2.45, 2.75) is 17.7 Å². The quantitative estimate of drug-likeness (QED) is 0.541. The van der Waals surface area contributed by atoms with Gasteiger partial charge in [0.1, 0.15) is 5.75 Å². The maximum Gasteiger partial charge on any atom is 0.240 e. The van der Waals surface area contributed by atoms with E-state index in [1.807, 2.05) is 30.3 Å². The van der Waals surface area contributed by atoms with Crippen LogP contribution in [0.5, 0.6) is 5.75 Å². The summed E-state index contributed by atoms with van der Waals surface area (Å²) >= 11 is 2.06. The molecule has 118 valence electrons. The maximum absolute atomic E-state index is 12.2. The molecule has 0 heterocycles. The summed E-state index contributed by atoms with van der Waals surface area (Å²) in [5.41, 5.74) is 1.21. The number of methoxy groups -OCH3 is 1. The van der Waals surface area contributed by atoms with E-state index in [1.165, 1.54) is 5.56 Å². The Balaban J connectivity index is 1.92. The van der Waals surface area contributed by atoms with Crippen molar-refractivity contribution in [3.63, 3.8) is 0 Å². The first-order valence-electron chi connectivity index (χ1n) is 6.90. The largest absolute Gasteiger partial charge is 0.496 e. The average molecular weight is 431 g/mol. The van der Waals surface area contributed by atoms with Gasteiger partial charge in [0.25, 0.3) is 0 Å². The van der Waals surface area contributed by atoms with E-state index in [9.17, 15) is 8.42 Å². The van der Waals surface area contributed by atoms with Gasteiger partial charge in [-0.3, -0.25) is 0 Å². The summed E-state index contributed by atoms with van der Waals surface area (Å²) in [5.74, 6) is 0.670. The van der Waals surface area contributed by atoms with Crippen molar-refractivity contribution < 1.29 is 13.2 Å². The van der Waals surface area contributed by atoms with Crippen LogP contribution in [-0.2, 0) is 16.4 Å². The molecule has 0 saturated carbocycles. The normalized spacial score (nSPS) is 11.4. The van der Waals surface area contributed by atoms with E-state index in [1.54, 1.807) is 25.3 Å². The Labute approximate surface area is 145 Å². The molecule has 2 aromatic rings. The third-order valence-corrected chi connectivity index (χ3v) is 5.51. The molecule has 0 saturated heterocycles. The van der Waals surface area contributed by atoms with Crippen LogP contribution in [0.2, 0.25) is 0 Å². The fourth-order valence-corrected chi connectivity index (χ4v) is 4.09. The Morgan fingerprint density at radius 2 is 1.86 bits per heavy atom. The van der Waals surface area contributed by atoms with Gasteiger partial charge in [0.05, 0.1) is 15.6 Å². The summed E-state index contributed by atoms with van der Waals surface area (Å²) in [5, 5.41) is 0. The lowest BCUT2D eigenvalue weighted by atomic mass is 10.1. The number of ether oxygens (including phenoxy) is 1. The number of hydrogen-bond acceptors (Lipinski definition) is 3. The highest BCUT2D eigenvalue weighted by atomic mass is 127. The minimum atomic E-state index is -3.47. The second kappa shape index (κ2) is 7.94. The number of benzene rings is 2. The molecule has 1 N–H and O–H groups in total. The summed E-state index contributed by atoms with van der Waals surface area (Å²) in [4.78, 5) is 0.261. The minimum Gasteiger partial charge on any atom is -0.496 e. The monoisotopic (exact) mass is 431 g/mol. The zero-order chi connectivity index (χ0) is 16.0. The fraction of sp³-hybridized carbons (Fsp3) is 0.250. The van der Waals surface area contributed by atoms with E-state index in [-0.39, 0.29) is 4.90 Å². The molecule has 0 aliphatic rings. The third-order valence-electron chi connectivity index (χ3n) is 3.21. The lowest BCUT2D eigenvalue weighted by molar-refractivity contribution is 0.411. The van der Waals surface area contributed by atoms with Gasteiger partial charge in [-0.2, -0.15) is 0 Å². The number of aryl methyl sites for hydroxylation is 1. The Morgan fingerprint density at radius 1 is 1.14 bits per heavy atom. The lowest BCUT2D eigenvalue weighted by Gasteiger charge is -2.09. The molecule has 0 amide bonds.